The number of allylic oxidation sites excluding steroid dienone is 3. The number of hydrogen-bond donors (Lipinski definition) is 1. The van der Waals surface area contributed by atoms with Gasteiger partial charge in [0.15, 0.2) is 0 Å². The molecule has 80 valence electrons. The van der Waals surface area contributed by atoms with Gasteiger partial charge in [-0.3, -0.25) is 0 Å². The van der Waals surface area contributed by atoms with E-state index in [4.69, 9.17) is 0 Å². The molecule has 1 nitrogen and oxygen atoms in total. The van der Waals surface area contributed by atoms with Crippen molar-refractivity contribution in [1.82, 2.24) is 0 Å². The highest BCUT2D eigenvalue weighted by Crippen LogP contribution is 2.17. The molecule has 14 heavy (non-hydrogen) atoms. The molecule has 0 aliphatic heterocycles. The Morgan fingerprint density at radius 3 is 2.36 bits per heavy atom. The van der Waals surface area contributed by atoms with Crippen molar-refractivity contribution in [1.29, 1.82) is 0 Å². The van der Waals surface area contributed by atoms with Gasteiger partial charge in [-0.25, -0.2) is 0 Å². The minimum Gasteiger partial charge on any atom is -0.392 e. The predicted octanol–water partition coefficient (Wildman–Crippen LogP) is 3.33. The molecule has 0 saturated carbocycles. The van der Waals surface area contributed by atoms with Crippen molar-refractivity contribution in [3.63, 3.8) is 0 Å². The molecular weight excluding hydrogens is 172 g/mol. The van der Waals surface area contributed by atoms with Crippen LogP contribution in [0.2, 0.25) is 0 Å². The van der Waals surface area contributed by atoms with E-state index in [-0.39, 0.29) is 12.0 Å². The van der Waals surface area contributed by atoms with Crippen LogP contribution in [-0.2, 0) is 0 Å². The van der Waals surface area contributed by atoms with Crippen LogP contribution in [0, 0.1) is 11.8 Å². The van der Waals surface area contributed by atoms with Crippen LogP contribution in [0.4, 0.5) is 0 Å². The quantitative estimate of drug-likeness (QED) is 0.487. The van der Waals surface area contributed by atoms with Crippen molar-refractivity contribution in [2.45, 2.75) is 32.8 Å². The summed E-state index contributed by atoms with van der Waals surface area (Å²) >= 11 is 0. The van der Waals surface area contributed by atoms with Gasteiger partial charge < -0.3 is 5.11 Å². The highest BCUT2D eigenvalue weighted by atomic mass is 16.3. The summed E-state index contributed by atoms with van der Waals surface area (Å²) in [7, 11) is 0. The monoisotopic (exact) mass is 194 g/mol. The van der Waals surface area contributed by atoms with Crippen LogP contribution in [0.15, 0.2) is 37.5 Å². The first-order chi connectivity index (χ1) is 6.61. The molecule has 0 heterocycles. The molecule has 0 radical (unpaired) electrons. The third-order valence-corrected chi connectivity index (χ3v) is 2.19. The molecule has 1 N–H and O–H groups in total. The van der Waals surface area contributed by atoms with Crippen LogP contribution in [0.25, 0.3) is 0 Å². The van der Waals surface area contributed by atoms with Gasteiger partial charge >= 0.3 is 0 Å². The maximum atomic E-state index is 9.85. The van der Waals surface area contributed by atoms with Crippen molar-refractivity contribution in [2.75, 3.05) is 0 Å². The molecule has 1 heteroatoms. The fourth-order valence-electron chi connectivity index (χ4n) is 1.40. The molecule has 0 aliphatic carbocycles. The smallest absolute Gasteiger partial charge is 0.0608 e. The van der Waals surface area contributed by atoms with E-state index < -0.39 is 0 Å². The second-order valence-corrected chi connectivity index (χ2v) is 4.00. The third-order valence-electron chi connectivity index (χ3n) is 2.19. The van der Waals surface area contributed by atoms with Gasteiger partial charge in [-0.2, -0.15) is 0 Å². The maximum absolute atomic E-state index is 9.85. The van der Waals surface area contributed by atoms with Crippen LogP contribution < -0.4 is 0 Å². The number of aliphatic hydroxyl groups excluding tert-OH is 1. The van der Waals surface area contributed by atoms with Gasteiger partial charge in [-0.05, 0) is 18.8 Å². The highest BCUT2D eigenvalue weighted by Gasteiger charge is 2.15. The Morgan fingerprint density at radius 1 is 1.29 bits per heavy atom. The molecule has 0 amide bonds. The summed E-state index contributed by atoms with van der Waals surface area (Å²) in [6.45, 7) is 11.6. The summed E-state index contributed by atoms with van der Waals surface area (Å²) in [4.78, 5) is 0. The van der Waals surface area contributed by atoms with Gasteiger partial charge in [-0.1, -0.05) is 44.7 Å². The van der Waals surface area contributed by atoms with Crippen LogP contribution >= 0.6 is 0 Å². The van der Waals surface area contributed by atoms with Gasteiger partial charge in [0.1, 0.15) is 0 Å². The van der Waals surface area contributed by atoms with Gasteiger partial charge in [0, 0.05) is 5.92 Å². The number of hydrogen-bond acceptors (Lipinski definition) is 1. The van der Waals surface area contributed by atoms with Crippen molar-refractivity contribution in [2.24, 2.45) is 11.8 Å². The zero-order chi connectivity index (χ0) is 11.0. The molecule has 2 atom stereocenters. The van der Waals surface area contributed by atoms with Gasteiger partial charge in [-0.15, -0.1) is 6.58 Å². The minimum absolute atomic E-state index is 0.161. The van der Waals surface area contributed by atoms with Crippen LogP contribution in [0.5, 0.6) is 0 Å². The third kappa shape index (κ3) is 5.76. The Labute approximate surface area is 87.8 Å². The molecule has 0 spiro atoms. The lowest BCUT2D eigenvalue weighted by Crippen LogP contribution is -2.19. The highest BCUT2D eigenvalue weighted by molar-refractivity contribution is 5.00. The number of rotatable bonds is 7. The summed E-state index contributed by atoms with van der Waals surface area (Å²) in [5.74, 6) is 0.685. The van der Waals surface area contributed by atoms with Crippen LogP contribution in [0.3, 0.4) is 0 Å². The Hall–Kier alpha value is -0.820. The standard InChI is InChI=1S/C13H22O/c1-5-7-8-9-12(6-2)13(14)10-11(3)4/h5-8,11-14H,1-2,9-10H2,3-4H3/b8-7+. The summed E-state index contributed by atoms with van der Waals surface area (Å²) in [5.41, 5.74) is 0. The molecule has 0 rings (SSSR count). The van der Waals surface area contributed by atoms with Crippen molar-refractivity contribution in [3.05, 3.63) is 37.5 Å². The van der Waals surface area contributed by atoms with Crippen molar-refractivity contribution < 1.29 is 5.11 Å². The lowest BCUT2D eigenvalue weighted by atomic mass is 9.92. The molecule has 0 bridgehead atoms. The summed E-state index contributed by atoms with van der Waals surface area (Å²) in [6.07, 6.45) is 8.89. The molecule has 0 fully saturated rings. The first-order valence-electron chi connectivity index (χ1n) is 5.20. The van der Waals surface area contributed by atoms with E-state index in [1.165, 1.54) is 0 Å². The van der Waals surface area contributed by atoms with E-state index in [2.05, 4.69) is 27.0 Å². The van der Waals surface area contributed by atoms with Crippen molar-refractivity contribution >= 4 is 0 Å². The van der Waals surface area contributed by atoms with Crippen molar-refractivity contribution in [3.8, 4) is 0 Å². The molecule has 0 aromatic rings. The van der Waals surface area contributed by atoms with E-state index in [0.717, 1.165) is 12.8 Å². The SMILES string of the molecule is C=C/C=C/CC(C=C)C(O)CC(C)C. The van der Waals surface area contributed by atoms with E-state index in [9.17, 15) is 5.11 Å². The average molecular weight is 194 g/mol. The fourth-order valence-corrected chi connectivity index (χ4v) is 1.40. The van der Waals surface area contributed by atoms with E-state index in [0.29, 0.717) is 5.92 Å². The predicted molar refractivity (Wildman–Crippen MR) is 63.1 cm³/mol. The van der Waals surface area contributed by atoms with E-state index >= 15 is 0 Å². The second kappa shape index (κ2) is 7.57. The fraction of sp³-hybridized carbons (Fsp3) is 0.538. The minimum atomic E-state index is -0.276. The Kier molecular flexibility index (Phi) is 7.13. The first-order valence-corrected chi connectivity index (χ1v) is 5.20. The molecular formula is C13H22O. The Bertz CT molecular complexity index is 191. The molecule has 0 aromatic carbocycles. The summed E-state index contributed by atoms with van der Waals surface area (Å²) in [5, 5.41) is 9.85. The van der Waals surface area contributed by atoms with Gasteiger partial charge in [0.25, 0.3) is 0 Å². The lowest BCUT2D eigenvalue weighted by molar-refractivity contribution is 0.108. The normalized spacial score (nSPS) is 15.7. The Morgan fingerprint density at radius 2 is 1.93 bits per heavy atom. The molecule has 2 unspecified atom stereocenters. The van der Waals surface area contributed by atoms with Gasteiger partial charge in [0.2, 0.25) is 0 Å². The lowest BCUT2D eigenvalue weighted by Gasteiger charge is -2.19. The van der Waals surface area contributed by atoms with Crippen LogP contribution in [-0.4, -0.2) is 11.2 Å². The topological polar surface area (TPSA) is 20.2 Å². The maximum Gasteiger partial charge on any atom is 0.0608 e. The van der Waals surface area contributed by atoms with E-state index in [1.54, 1.807) is 6.08 Å². The summed E-state index contributed by atoms with van der Waals surface area (Å²) < 4.78 is 0. The zero-order valence-corrected chi connectivity index (χ0v) is 9.32. The average Bonchev–Trinajstić information content (AvgIpc) is 2.11. The Balaban J connectivity index is 4.04. The first kappa shape index (κ1) is 13.2. The molecule has 0 saturated heterocycles. The molecule has 0 aromatic heterocycles. The summed E-state index contributed by atoms with van der Waals surface area (Å²) in [6, 6.07) is 0. The van der Waals surface area contributed by atoms with Gasteiger partial charge in [0.05, 0.1) is 6.10 Å². The van der Waals surface area contributed by atoms with E-state index in [1.807, 2.05) is 18.2 Å². The molecule has 0 aliphatic rings. The zero-order valence-electron chi connectivity index (χ0n) is 9.32. The number of aliphatic hydroxyl groups is 1. The second-order valence-electron chi connectivity index (χ2n) is 4.00. The van der Waals surface area contributed by atoms with Crippen LogP contribution in [0.1, 0.15) is 26.7 Å². The largest absolute Gasteiger partial charge is 0.392 e.